The van der Waals surface area contributed by atoms with Gasteiger partial charge < -0.3 is 24.1 Å². The molecule has 2 heterocycles. The standard InChI is InChI=1S/C7H12O5/c1-9-7-5(8)6-4(2-10-7)11-3-12-6/h4-8H,2-3H2,1H3/t4-,5+,6-,7+/m1/s1. The molecule has 0 saturated carbocycles. The molecule has 2 fully saturated rings. The molecule has 0 radical (unpaired) electrons. The van der Waals surface area contributed by atoms with Crippen LogP contribution in [0.5, 0.6) is 0 Å². The number of hydrogen-bond acceptors (Lipinski definition) is 5. The van der Waals surface area contributed by atoms with Crippen molar-refractivity contribution in [3.8, 4) is 0 Å². The van der Waals surface area contributed by atoms with Gasteiger partial charge in [-0.05, 0) is 0 Å². The van der Waals surface area contributed by atoms with Crippen LogP contribution in [-0.4, -0.2) is 50.2 Å². The van der Waals surface area contributed by atoms with Gasteiger partial charge in [-0.3, -0.25) is 0 Å². The Morgan fingerprint density at radius 3 is 2.92 bits per heavy atom. The molecule has 0 aromatic heterocycles. The lowest BCUT2D eigenvalue weighted by Gasteiger charge is -2.33. The molecule has 0 unspecified atom stereocenters. The Balaban J connectivity index is 2.02. The minimum absolute atomic E-state index is 0.147. The first-order chi connectivity index (χ1) is 5.83. The summed E-state index contributed by atoms with van der Waals surface area (Å²) in [5, 5.41) is 9.58. The number of ether oxygens (including phenoxy) is 4. The van der Waals surface area contributed by atoms with Crippen molar-refractivity contribution in [1.82, 2.24) is 0 Å². The zero-order chi connectivity index (χ0) is 8.55. The summed E-state index contributed by atoms with van der Waals surface area (Å²) in [5.74, 6) is 0. The van der Waals surface area contributed by atoms with Gasteiger partial charge in [-0.2, -0.15) is 0 Å². The molecule has 4 atom stereocenters. The number of aliphatic hydroxyl groups is 1. The van der Waals surface area contributed by atoms with Crippen LogP contribution in [0.1, 0.15) is 0 Å². The predicted molar refractivity (Wildman–Crippen MR) is 37.4 cm³/mol. The Hall–Kier alpha value is -0.200. The van der Waals surface area contributed by atoms with E-state index in [1.54, 1.807) is 0 Å². The zero-order valence-electron chi connectivity index (χ0n) is 6.80. The van der Waals surface area contributed by atoms with Gasteiger partial charge in [-0.1, -0.05) is 0 Å². The van der Waals surface area contributed by atoms with Crippen LogP contribution in [0.25, 0.3) is 0 Å². The highest BCUT2D eigenvalue weighted by atomic mass is 16.8. The van der Waals surface area contributed by atoms with Gasteiger partial charge >= 0.3 is 0 Å². The molecule has 0 amide bonds. The van der Waals surface area contributed by atoms with E-state index < -0.39 is 12.4 Å². The minimum atomic E-state index is -0.753. The molecule has 5 nitrogen and oxygen atoms in total. The largest absolute Gasteiger partial charge is 0.385 e. The molecule has 2 aliphatic heterocycles. The molecule has 0 spiro atoms. The third-order valence-electron chi connectivity index (χ3n) is 2.18. The monoisotopic (exact) mass is 176 g/mol. The quantitative estimate of drug-likeness (QED) is 0.560. The number of aliphatic hydroxyl groups excluding tert-OH is 1. The van der Waals surface area contributed by atoms with Crippen molar-refractivity contribution in [3.05, 3.63) is 0 Å². The molecular weight excluding hydrogens is 164 g/mol. The summed E-state index contributed by atoms with van der Waals surface area (Å²) in [4.78, 5) is 0. The molecule has 1 N–H and O–H groups in total. The summed E-state index contributed by atoms with van der Waals surface area (Å²) in [6.07, 6.45) is -1.79. The topological polar surface area (TPSA) is 57.2 Å². The molecule has 2 aliphatic rings. The molecule has 2 saturated heterocycles. The Kier molecular flexibility index (Phi) is 2.29. The summed E-state index contributed by atoms with van der Waals surface area (Å²) in [5.41, 5.74) is 0. The lowest BCUT2D eigenvalue weighted by molar-refractivity contribution is -0.240. The van der Waals surface area contributed by atoms with Crippen molar-refractivity contribution in [2.75, 3.05) is 20.5 Å². The zero-order valence-corrected chi connectivity index (χ0v) is 6.80. The van der Waals surface area contributed by atoms with Crippen LogP contribution in [0.3, 0.4) is 0 Å². The first-order valence-corrected chi connectivity index (χ1v) is 3.88. The molecule has 0 aliphatic carbocycles. The van der Waals surface area contributed by atoms with Gasteiger partial charge in [0.1, 0.15) is 25.1 Å². The fourth-order valence-corrected chi connectivity index (χ4v) is 1.52. The molecule has 0 bridgehead atoms. The third-order valence-corrected chi connectivity index (χ3v) is 2.18. The van der Waals surface area contributed by atoms with Crippen LogP contribution in [0.2, 0.25) is 0 Å². The van der Waals surface area contributed by atoms with Crippen LogP contribution in [0.4, 0.5) is 0 Å². The first-order valence-electron chi connectivity index (χ1n) is 3.88. The van der Waals surface area contributed by atoms with E-state index in [4.69, 9.17) is 18.9 Å². The van der Waals surface area contributed by atoms with E-state index in [1.165, 1.54) is 7.11 Å². The van der Waals surface area contributed by atoms with Crippen LogP contribution < -0.4 is 0 Å². The number of fused-ring (bicyclic) bond motifs is 1. The van der Waals surface area contributed by atoms with Crippen molar-refractivity contribution < 1.29 is 24.1 Å². The second-order valence-corrected chi connectivity index (χ2v) is 2.88. The summed E-state index contributed by atoms with van der Waals surface area (Å²) < 4.78 is 20.4. The van der Waals surface area contributed by atoms with E-state index in [0.29, 0.717) is 6.61 Å². The van der Waals surface area contributed by atoms with Crippen LogP contribution in [-0.2, 0) is 18.9 Å². The SMILES string of the molecule is CO[C@H]1OC[C@H]2OCO[C@H]2[C@@H]1O. The van der Waals surface area contributed by atoms with E-state index >= 15 is 0 Å². The fourth-order valence-electron chi connectivity index (χ4n) is 1.52. The van der Waals surface area contributed by atoms with Gasteiger partial charge in [0.25, 0.3) is 0 Å². The number of hydrogen-bond donors (Lipinski definition) is 1. The molecule has 12 heavy (non-hydrogen) atoms. The van der Waals surface area contributed by atoms with Crippen LogP contribution in [0.15, 0.2) is 0 Å². The highest BCUT2D eigenvalue weighted by Gasteiger charge is 2.44. The van der Waals surface area contributed by atoms with Gasteiger partial charge in [0.05, 0.1) is 6.61 Å². The van der Waals surface area contributed by atoms with Crippen LogP contribution in [0, 0.1) is 0 Å². The van der Waals surface area contributed by atoms with Crippen molar-refractivity contribution >= 4 is 0 Å². The fraction of sp³-hybridized carbons (Fsp3) is 1.00. The molecule has 2 rings (SSSR count). The Morgan fingerprint density at radius 1 is 1.33 bits per heavy atom. The van der Waals surface area contributed by atoms with Gasteiger partial charge in [0, 0.05) is 7.11 Å². The highest BCUT2D eigenvalue weighted by molar-refractivity contribution is 4.87. The second-order valence-electron chi connectivity index (χ2n) is 2.88. The summed E-state index contributed by atoms with van der Waals surface area (Å²) in [6.45, 7) is 0.645. The second kappa shape index (κ2) is 3.27. The smallest absolute Gasteiger partial charge is 0.185 e. The molecule has 5 heteroatoms. The predicted octanol–water partition coefficient (Wildman–Crippen LogP) is -0.909. The maximum atomic E-state index is 9.58. The maximum Gasteiger partial charge on any atom is 0.185 e. The maximum absolute atomic E-state index is 9.58. The van der Waals surface area contributed by atoms with Gasteiger partial charge in [0.15, 0.2) is 6.29 Å². The van der Waals surface area contributed by atoms with Gasteiger partial charge in [-0.25, -0.2) is 0 Å². The van der Waals surface area contributed by atoms with Crippen molar-refractivity contribution in [2.45, 2.75) is 24.6 Å². The lowest BCUT2D eigenvalue weighted by atomic mass is 10.1. The number of rotatable bonds is 1. The van der Waals surface area contributed by atoms with Crippen LogP contribution >= 0.6 is 0 Å². The molecule has 0 aromatic carbocycles. The summed E-state index contributed by atoms with van der Waals surface area (Å²) in [7, 11) is 1.49. The summed E-state index contributed by atoms with van der Waals surface area (Å²) >= 11 is 0. The normalized spacial score (nSPS) is 47.5. The Bertz CT molecular complexity index is 162. The van der Waals surface area contributed by atoms with E-state index in [0.717, 1.165) is 0 Å². The lowest BCUT2D eigenvalue weighted by Crippen LogP contribution is -2.52. The average Bonchev–Trinajstić information content (AvgIpc) is 2.53. The Morgan fingerprint density at radius 2 is 2.17 bits per heavy atom. The van der Waals surface area contributed by atoms with E-state index in [2.05, 4.69) is 0 Å². The molecular formula is C7H12O5. The van der Waals surface area contributed by atoms with Gasteiger partial charge in [-0.15, -0.1) is 0 Å². The van der Waals surface area contributed by atoms with Gasteiger partial charge in [0.2, 0.25) is 0 Å². The van der Waals surface area contributed by atoms with E-state index in [9.17, 15) is 5.11 Å². The number of methoxy groups -OCH3 is 1. The average molecular weight is 176 g/mol. The van der Waals surface area contributed by atoms with E-state index in [-0.39, 0.29) is 19.0 Å². The first kappa shape index (κ1) is 8.40. The Labute approximate surface area is 70.2 Å². The summed E-state index contributed by atoms with van der Waals surface area (Å²) in [6, 6.07) is 0. The van der Waals surface area contributed by atoms with E-state index in [1.807, 2.05) is 0 Å². The van der Waals surface area contributed by atoms with Crippen molar-refractivity contribution in [3.63, 3.8) is 0 Å². The van der Waals surface area contributed by atoms with Crippen molar-refractivity contribution in [2.24, 2.45) is 0 Å². The molecule has 0 aromatic rings. The molecule has 70 valence electrons. The van der Waals surface area contributed by atoms with Crippen molar-refractivity contribution in [1.29, 1.82) is 0 Å². The third kappa shape index (κ3) is 1.23. The minimum Gasteiger partial charge on any atom is -0.385 e. The highest BCUT2D eigenvalue weighted by Crippen LogP contribution is 2.25.